The summed E-state index contributed by atoms with van der Waals surface area (Å²) < 4.78 is 0. The highest BCUT2D eigenvalue weighted by Gasteiger charge is 2.26. The fourth-order valence-corrected chi connectivity index (χ4v) is 3.33. The van der Waals surface area contributed by atoms with Gasteiger partial charge in [-0.1, -0.05) is 26.7 Å². The molecule has 0 aromatic carbocycles. The van der Waals surface area contributed by atoms with E-state index in [1.54, 1.807) is 0 Å². The monoisotopic (exact) mass is 240 g/mol. The van der Waals surface area contributed by atoms with E-state index in [-0.39, 0.29) is 0 Å². The van der Waals surface area contributed by atoms with Gasteiger partial charge in [0.2, 0.25) is 0 Å². The zero-order valence-corrected chi connectivity index (χ0v) is 12.3. The first-order chi connectivity index (χ1) is 8.19. The molecular weight excluding hydrogens is 208 g/mol. The molecule has 1 saturated heterocycles. The third-order valence-electron chi connectivity index (χ3n) is 4.11. The van der Waals surface area contributed by atoms with Crippen molar-refractivity contribution in [3.8, 4) is 0 Å². The van der Waals surface area contributed by atoms with E-state index >= 15 is 0 Å². The average molecular weight is 240 g/mol. The molecule has 1 aliphatic rings. The highest BCUT2D eigenvalue weighted by molar-refractivity contribution is 4.82. The van der Waals surface area contributed by atoms with E-state index in [4.69, 9.17) is 0 Å². The lowest BCUT2D eigenvalue weighted by molar-refractivity contribution is 0.0872. The first-order valence-corrected chi connectivity index (χ1v) is 7.68. The van der Waals surface area contributed by atoms with Crippen LogP contribution in [0.4, 0.5) is 0 Å². The lowest BCUT2D eigenvalue weighted by atomic mass is 9.95. The van der Waals surface area contributed by atoms with E-state index in [0.717, 1.165) is 18.6 Å². The Kier molecular flexibility index (Phi) is 7.14. The molecule has 0 radical (unpaired) electrons. The van der Waals surface area contributed by atoms with Gasteiger partial charge in [0.05, 0.1) is 0 Å². The van der Waals surface area contributed by atoms with Gasteiger partial charge in [-0.05, 0) is 52.6 Å². The second kappa shape index (κ2) is 8.10. The third-order valence-corrected chi connectivity index (χ3v) is 4.11. The van der Waals surface area contributed by atoms with E-state index in [0.29, 0.717) is 6.04 Å². The number of likely N-dealkylation sites (tertiary alicyclic amines) is 1. The fourth-order valence-electron chi connectivity index (χ4n) is 3.33. The number of hydrogen-bond acceptors (Lipinski definition) is 2. The highest BCUT2D eigenvalue weighted by Crippen LogP contribution is 2.24. The van der Waals surface area contributed by atoms with Crippen molar-refractivity contribution < 1.29 is 0 Å². The molecule has 102 valence electrons. The molecular formula is C15H32N2. The van der Waals surface area contributed by atoms with E-state index in [2.05, 4.69) is 37.9 Å². The van der Waals surface area contributed by atoms with Gasteiger partial charge in [-0.3, -0.25) is 4.90 Å². The summed E-state index contributed by atoms with van der Waals surface area (Å²) in [7, 11) is 0. The van der Waals surface area contributed by atoms with Crippen molar-refractivity contribution in [1.82, 2.24) is 10.2 Å². The van der Waals surface area contributed by atoms with Crippen molar-refractivity contribution in [2.24, 2.45) is 0 Å². The Morgan fingerprint density at radius 1 is 1.24 bits per heavy atom. The highest BCUT2D eigenvalue weighted by atomic mass is 15.2. The second-order valence-electron chi connectivity index (χ2n) is 5.72. The van der Waals surface area contributed by atoms with Crippen LogP contribution in [0.1, 0.15) is 66.2 Å². The van der Waals surface area contributed by atoms with E-state index in [9.17, 15) is 0 Å². The summed E-state index contributed by atoms with van der Waals surface area (Å²) in [5.41, 5.74) is 0. The van der Waals surface area contributed by atoms with Gasteiger partial charge in [0.15, 0.2) is 0 Å². The van der Waals surface area contributed by atoms with Crippen LogP contribution in [0.25, 0.3) is 0 Å². The quantitative estimate of drug-likeness (QED) is 0.733. The summed E-state index contributed by atoms with van der Waals surface area (Å²) >= 11 is 0. The molecule has 1 fully saturated rings. The Morgan fingerprint density at radius 3 is 2.65 bits per heavy atom. The third kappa shape index (κ3) is 4.97. The van der Waals surface area contributed by atoms with Gasteiger partial charge in [0, 0.05) is 18.1 Å². The van der Waals surface area contributed by atoms with Gasteiger partial charge < -0.3 is 5.32 Å². The van der Waals surface area contributed by atoms with Crippen LogP contribution in [0.15, 0.2) is 0 Å². The van der Waals surface area contributed by atoms with Crippen molar-refractivity contribution in [3.05, 3.63) is 0 Å². The molecule has 3 unspecified atom stereocenters. The van der Waals surface area contributed by atoms with Crippen LogP contribution in [0.3, 0.4) is 0 Å². The fraction of sp³-hybridized carbons (Fsp3) is 1.00. The smallest absolute Gasteiger partial charge is 0.00979 e. The van der Waals surface area contributed by atoms with Crippen LogP contribution in [-0.4, -0.2) is 36.1 Å². The van der Waals surface area contributed by atoms with Gasteiger partial charge in [-0.2, -0.15) is 0 Å². The normalized spacial score (nSPS) is 25.8. The molecule has 0 saturated carbocycles. The molecule has 1 aliphatic heterocycles. The summed E-state index contributed by atoms with van der Waals surface area (Å²) in [6, 6.07) is 2.25. The Bertz CT molecular complexity index is 191. The Labute approximate surface area is 108 Å². The SMILES string of the molecule is CCCC1CCCCN1C(C)CC(C)NCC. The van der Waals surface area contributed by atoms with Gasteiger partial charge >= 0.3 is 0 Å². The molecule has 2 heteroatoms. The molecule has 0 bridgehead atoms. The molecule has 1 N–H and O–H groups in total. The number of nitrogens with zero attached hydrogens (tertiary/aromatic N) is 1. The number of rotatable bonds is 7. The largest absolute Gasteiger partial charge is 0.314 e. The molecule has 3 atom stereocenters. The van der Waals surface area contributed by atoms with Gasteiger partial charge in [0.1, 0.15) is 0 Å². The van der Waals surface area contributed by atoms with Gasteiger partial charge in [-0.15, -0.1) is 0 Å². The summed E-state index contributed by atoms with van der Waals surface area (Å²) in [4.78, 5) is 2.78. The standard InChI is InChI=1S/C15H32N2/c1-5-9-15-10-7-8-11-17(15)14(4)12-13(3)16-6-2/h13-16H,5-12H2,1-4H3. The lowest BCUT2D eigenvalue weighted by Gasteiger charge is -2.41. The summed E-state index contributed by atoms with van der Waals surface area (Å²) in [6.45, 7) is 11.7. The Hall–Kier alpha value is -0.0800. The average Bonchev–Trinajstić information content (AvgIpc) is 2.30. The minimum Gasteiger partial charge on any atom is -0.314 e. The maximum atomic E-state index is 3.54. The molecule has 1 heterocycles. The Morgan fingerprint density at radius 2 is 2.00 bits per heavy atom. The van der Waals surface area contributed by atoms with Crippen LogP contribution in [0.5, 0.6) is 0 Å². The zero-order valence-electron chi connectivity index (χ0n) is 12.3. The van der Waals surface area contributed by atoms with Crippen LogP contribution >= 0.6 is 0 Å². The van der Waals surface area contributed by atoms with Crippen molar-refractivity contribution in [1.29, 1.82) is 0 Å². The molecule has 0 aromatic heterocycles. The minimum atomic E-state index is 0.652. The first-order valence-electron chi connectivity index (χ1n) is 7.68. The molecule has 0 aromatic rings. The molecule has 0 amide bonds. The van der Waals surface area contributed by atoms with Crippen LogP contribution in [0.2, 0.25) is 0 Å². The Balaban J connectivity index is 2.43. The summed E-state index contributed by atoms with van der Waals surface area (Å²) in [6.07, 6.45) is 8.27. The maximum absolute atomic E-state index is 3.54. The molecule has 17 heavy (non-hydrogen) atoms. The second-order valence-corrected chi connectivity index (χ2v) is 5.72. The van der Waals surface area contributed by atoms with Crippen molar-refractivity contribution >= 4 is 0 Å². The van der Waals surface area contributed by atoms with Crippen molar-refractivity contribution in [2.45, 2.75) is 84.3 Å². The first kappa shape index (κ1) is 15.0. The number of piperidine rings is 1. The number of hydrogen-bond donors (Lipinski definition) is 1. The van der Waals surface area contributed by atoms with Crippen LogP contribution < -0.4 is 5.32 Å². The summed E-state index contributed by atoms with van der Waals surface area (Å²) in [5, 5.41) is 3.54. The molecule has 1 rings (SSSR count). The molecule has 0 spiro atoms. The molecule has 0 aliphatic carbocycles. The van der Waals surface area contributed by atoms with E-state index < -0.39 is 0 Å². The summed E-state index contributed by atoms with van der Waals surface area (Å²) in [5.74, 6) is 0. The van der Waals surface area contributed by atoms with Gasteiger partial charge in [-0.25, -0.2) is 0 Å². The van der Waals surface area contributed by atoms with Crippen LogP contribution in [-0.2, 0) is 0 Å². The number of nitrogens with one attached hydrogen (secondary N) is 1. The predicted octanol–water partition coefficient (Wildman–Crippen LogP) is 3.42. The van der Waals surface area contributed by atoms with Gasteiger partial charge in [0.25, 0.3) is 0 Å². The predicted molar refractivity (Wildman–Crippen MR) is 76.5 cm³/mol. The zero-order chi connectivity index (χ0) is 12.7. The topological polar surface area (TPSA) is 15.3 Å². The molecule has 2 nitrogen and oxygen atoms in total. The van der Waals surface area contributed by atoms with Crippen molar-refractivity contribution in [3.63, 3.8) is 0 Å². The maximum Gasteiger partial charge on any atom is 0.00979 e. The van der Waals surface area contributed by atoms with E-state index in [1.807, 2.05) is 0 Å². The lowest BCUT2D eigenvalue weighted by Crippen LogP contribution is -2.47. The minimum absolute atomic E-state index is 0.652. The van der Waals surface area contributed by atoms with E-state index in [1.165, 1.54) is 45.1 Å². The van der Waals surface area contributed by atoms with Crippen LogP contribution in [0, 0.1) is 0 Å². The van der Waals surface area contributed by atoms with Crippen molar-refractivity contribution in [2.75, 3.05) is 13.1 Å².